The second-order valence-corrected chi connectivity index (χ2v) is 6.96. The van der Waals surface area contributed by atoms with Crippen LogP contribution >= 0.6 is 0 Å². The van der Waals surface area contributed by atoms with Gasteiger partial charge in [-0.25, -0.2) is 17.2 Å². The summed E-state index contributed by atoms with van der Waals surface area (Å²) in [6.07, 6.45) is 0. The first-order valence-corrected chi connectivity index (χ1v) is 8.12. The van der Waals surface area contributed by atoms with Gasteiger partial charge in [-0.05, 0) is 29.8 Å². The molecular weight excluding hydrogens is 326 g/mol. The van der Waals surface area contributed by atoms with E-state index >= 15 is 0 Å². The highest BCUT2D eigenvalue weighted by Gasteiger charge is 2.39. The molecule has 1 heterocycles. The summed E-state index contributed by atoms with van der Waals surface area (Å²) < 4.78 is 53.5. The van der Waals surface area contributed by atoms with Crippen LogP contribution in [0.3, 0.4) is 0 Å². The van der Waals surface area contributed by atoms with Gasteiger partial charge in [0, 0.05) is 0 Å². The number of para-hydroxylation sites is 1. The molecule has 0 aromatic heterocycles. The Kier molecular flexibility index (Phi) is 3.56. The quantitative estimate of drug-likeness (QED) is 0.926. The summed E-state index contributed by atoms with van der Waals surface area (Å²) >= 11 is 0. The molecule has 3 rings (SSSR count). The highest BCUT2D eigenvalue weighted by Crippen LogP contribution is 2.39. The van der Waals surface area contributed by atoms with Gasteiger partial charge in [-0.2, -0.15) is 0 Å². The first-order chi connectivity index (χ1) is 10.8. The Balaban J connectivity index is 2.15. The monoisotopic (exact) mass is 338 g/mol. The maximum atomic E-state index is 13.9. The van der Waals surface area contributed by atoms with Crippen molar-refractivity contribution in [3.05, 3.63) is 59.7 Å². The molecule has 2 N–H and O–H groups in total. The van der Waals surface area contributed by atoms with Crippen LogP contribution in [0.2, 0.25) is 0 Å². The van der Waals surface area contributed by atoms with Crippen molar-refractivity contribution >= 4 is 21.6 Å². The topological polar surface area (TPSA) is 80.5 Å². The number of nitrogens with zero attached hydrogens (tertiary/aromatic N) is 1. The fourth-order valence-electron chi connectivity index (χ4n) is 2.64. The summed E-state index contributed by atoms with van der Waals surface area (Å²) in [6.45, 7) is -0.243. The highest BCUT2D eigenvalue weighted by atomic mass is 32.2. The molecule has 1 aliphatic rings. The molecule has 0 saturated heterocycles. The molecule has 1 aliphatic heterocycles. The number of benzene rings is 2. The summed E-state index contributed by atoms with van der Waals surface area (Å²) in [4.78, 5) is 10.8. The number of anilines is 1. The molecule has 0 fully saturated rings. The number of carbonyl (C=O) groups is 1. The van der Waals surface area contributed by atoms with Gasteiger partial charge in [0.1, 0.15) is 16.5 Å². The highest BCUT2D eigenvalue weighted by molar-refractivity contribution is 7.92. The van der Waals surface area contributed by atoms with Gasteiger partial charge in [0.2, 0.25) is 5.91 Å². The van der Waals surface area contributed by atoms with E-state index in [1.165, 1.54) is 6.07 Å². The van der Waals surface area contributed by atoms with Gasteiger partial charge in [0.05, 0.1) is 18.2 Å². The smallest absolute Gasteiger partial charge is 0.267 e. The van der Waals surface area contributed by atoms with Crippen LogP contribution in [0.15, 0.2) is 47.4 Å². The first kappa shape index (κ1) is 15.4. The number of halogens is 2. The lowest BCUT2D eigenvalue weighted by atomic mass is 10.0. The van der Waals surface area contributed by atoms with Gasteiger partial charge < -0.3 is 5.73 Å². The number of carbonyl (C=O) groups excluding carboxylic acids is 1. The molecule has 5 nitrogen and oxygen atoms in total. The predicted octanol–water partition coefficient (Wildman–Crippen LogP) is 1.74. The lowest BCUT2D eigenvalue weighted by Gasteiger charge is -2.20. The summed E-state index contributed by atoms with van der Waals surface area (Å²) in [5.41, 5.74) is 6.00. The number of nitrogens with two attached hydrogens (primary N) is 1. The predicted molar refractivity (Wildman–Crippen MR) is 79.3 cm³/mol. The molecule has 0 spiro atoms. The van der Waals surface area contributed by atoms with Crippen molar-refractivity contribution in [3.8, 4) is 0 Å². The largest absolute Gasteiger partial charge is 0.369 e. The molecular formula is C15H12F2N2O3S. The van der Waals surface area contributed by atoms with Crippen molar-refractivity contribution in [2.45, 2.75) is 10.8 Å². The zero-order valence-corrected chi connectivity index (χ0v) is 12.6. The normalized spacial score (nSPS) is 17.1. The molecule has 1 amide bonds. The molecule has 1 atom stereocenters. The number of rotatable bonds is 3. The van der Waals surface area contributed by atoms with E-state index < -0.39 is 38.4 Å². The maximum absolute atomic E-state index is 13.9. The lowest BCUT2D eigenvalue weighted by molar-refractivity contribution is -0.119. The third-order valence-corrected chi connectivity index (χ3v) is 5.53. The zero-order valence-electron chi connectivity index (χ0n) is 11.7. The number of hydrogen-bond donors (Lipinski definition) is 1. The zero-order chi connectivity index (χ0) is 16.8. The van der Waals surface area contributed by atoms with E-state index in [0.29, 0.717) is 11.6 Å². The van der Waals surface area contributed by atoms with E-state index in [0.717, 1.165) is 16.4 Å². The molecule has 2 aromatic rings. The lowest BCUT2D eigenvalue weighted by Crippen LogP contribution is -2.33. The SMILES string of the molecule is NC(=O)[C@H]1CN(S(=O)(=O)c2cc(F)ccc2F)c2ccccc21. The van der Waals surface area contributed by atoms with E-state index in [1.54, 1.807) is 18.2 Å². The van der Waals surface area contributed by atoms with Gasteiger partial charge in [-0.3, -0.25) is 9.10 Å². The average molecular weight is 338 g/mol. The summed E-state index contributed by atoms with van der Waals surface area (Å²) in [6, 6.07) is 8.51. The minimum absolute atomic E-state index is 0.236. The van der Waals surface area contributed by atoms with Crippen LogP contribution in [-0.4, -0.2) is 20.9 Å². The molecule has 8 heteroatoms. The molecule has 23 heavy (non-hydrogen) atoms. The van der Waals surface area contributed by atoms with Gasteiger partial charge in [-0.15, -0.1) is 0 Å². The minimum Gasteiger partial charge on any atom is -0.369 e. The van der Waals surface area contributed by atoms with Crippen LogP contribution in [-0.2, 0) is 14.8 Å². The first-order valence-electron chi connectivity index (χ1n) is 6.68. The van der Waals surface area contributed by atoms with E-state index in [4.69, 9.17) is 5.73 Å². The maximum Gasteiger partial charge on any atom is 0.267 e. The van der Waals surface area contributed by atoms with Crippen molar-refractivity contribution in [1.82, 2.24) is 0 Å². The van der Waals surface area contributed by atoms with Crippen LogP contribution in [0.4, 0.5) is 14.5 Å². The second-order valence-electron chi connectivity index (χ2n) is 5.12. The van der Waals surface area contributed by atoms with Crippen LogP contribution in [0.1, 0.15) is 11.5 Å². The molecule has 0 saturated carbocycles. The van der Waals surface area contributed by atoms with Gasteiger partial charge in [0.15, 0.2) is 0 Å². The average Bonchev–Trinajstić information content (AvgIpc) is 2.90. The van der Waals surface area contributed by atoms with E-state index in [2.05, 4.69) is 0 Å². The summed E-state index contributed by atoms with van der Waals surface area (Å²) in [5.74, 6) is -3.46. The van der Waals surface area contributed by atoms with Gasteiger partial charge in [-0.1, -0.05) is 18.2 Å². The second kappa shape index (κ2) is 5.31. The molecule has 2 aromatic carbocycles. The standard InChI is InChI=1S/C15H12F2N2O3S/c16-9-5-6-12(17)14(7-9)23(21,22)19-8-11(15(18)20)10-3-1-2-4-13(10)19/h1-7,11H,8H2,(H2,18,20)/t11-/m0/s1. The number of fused-ring (bicyclic) bond motifs is 1. The third-order valence-electron chi connectivity index (χ3n) is 3.73. The molecule has 0 radical (unpaired) electrons. The van der Waals surface area contributed by atoms with Crippen LogP contribution in [0, 0.1) is 11.6 Å². The number of primary amides is 1. The van der Waals surface area contributed by atoms with Crippen molar-refractivity contribution in [1.29, 1.82) is 0 Å². The fourth-order valence-corrected chi connectivity index (χ4v) is 4.22. The van der Waals surface area contributed by atoms with Crippen molar-refractivity contribution in [3.63, 3.8) is 0 Å². The Morgan fingerprint density at radius 1 is 1.17 bits per heavy atom. The Hall–Kier alpha value is -2.48. The van der Waals surface area contributed by atoms with Gasteiger partial charge >= 0.3 is 0 Å². The number of sulfonamides is 1. The fraction of sp³-hybridized carbons (Fsp3) is 0.133. The Morgan fingerprint density at radius 2 is 1.87 bits per heavy atom. The Bertz CT molecular complexity index is 899. The van der Waals surface area contributed by atoms with Crippen LogP contribution in [0.5, 0.6) is 0 Å². The van der Waals surface area contributed by atoms with Crippen LogP contribution in [0.25, 0.3) is 0 Å². The third kappa shape index (κ3) is 2.44. The van der Waals surface area contributed by atoms with Crippen LogP contribution < -0.4 is 10.0 Å². The molecule has 0 aliphatic carbocycles. The van der Waals surface area contributed by atoms with Crippen molar-refractivity contribution in [2.24, 2.45) is 5.73 Å². The van der Waals surface area contributed by atoms with E-state index in [9.17, 15) is 22.0 Å². The van der Waals surface area contributed by atoms with Gasteiger partial charge in [0.25, 0.3) is 10.0 Å². The molecule has 0 bridgehead atoms. The minimum atomic E-state index is -4.36. The molecule has 0 unspecified atom stereocenters. The van der Waals surface area contributed by atoms with E-state index in [1.807, 2.05) is 0 Å². The van der Waals surface area contributed by atoms with Crippen molar-refractivity contribution in [2.75, 3.05) is 10.8 Å². The Morgan fingerprint density at radius 3 is 2.57 bits per heavy atom. The summed E-state index contributed by atoms with van der Waals surface area (Å²) in [5, 5.41) is 0. The Labute approximate surface area is 131 Å². The number of hydrogen-bond acceptors (Lipinski definition) is 3. The van der Waals surface area contributed by atoms with E-state index in [-0.39, 0.29) is 12.2 Å². The van der Waals surface area contributed by atoms with Crippen molar-refractivity contribution < 1.29 is 22.0 Å². The number of amides is 1. The molecule has 120 valence electrons. The summed E-state index contributed by atoms with van der Waals surface area (Å²) in [7, 11) is -4.36.